The molecule has 172 valence electrons. The number of fused-ring (bicyclic) bond motifs is 1. The summed E-state index contributed by atoms with van der Waals surface area (Å²) in [6, 6.07) is 21.0. The fourth-order valence-electron chi connectivity index (χ4n) is 4.93. The minimum atomic E-state index is -0.0612. The number of carbonyl (C=O) groups is 1. The first-order valence-corrected chi connectivity index (χ1v) is 11.3. The third-order valence-electron chi connectivity index (χ3n) is 6.39. The molecule has 2 aromatic rings. The van der Waals surface area contributed by atoms with Crippen molar-refractivity contribution in [3.63, 3.8) is 0 Å². The summed E-state index contributed by atoms with van der Waals surface area (Å²) in [6.07, 6.45) is 3.64. The number of amides is 1. The Morgan fingerprint density at radius 2 is 1.75 bits per heavy atom. The summed E-state index contributed by atoms with van der Waals surface area (Å²) in [5.74, 6) is 1.40. The van der Waals surface area contributed by atoms with E-state index in [0.717, 1.165) is 37.7 Å². The molecular formula is C25H34IN5O. The SMILES string of the molecule is CN=C(NCC(=O)Nc1ccccc1)N1CCC2C(CCCN2Cc2ccccc2)C1.I. The predicted octanol–water partition coefficient (Wildman–Crippen LogP) is 3.81. The van der Waals surface area contributed by atoms with Crippen LogP contribution in [-0.2, 0) is 11.3 Å². The molecule has 2 saturated heterocycles. The lowest BCUT2D eigenvalue weighted by molar-refractivity contribution is -0.115. The Morgan fingerprint density at radius 3 is 2.47 bits per heavy atom. The van der Waals surface area contributed by atoms with E-state index in [2.05, 4.69) is 55.8 Å². The van der Waals surface area contributed by atoms with Crippen molar-refractivity contribution in [3.05, 3.63) is 66.2 Å². The molecular weight excluding hydrogens is 513 g/mol. The van der Waals surface area contributed by atoms with E-state index in [0.29, 0.717) is 12.0 Å². The van der Waals surface area contributed by atoms with Crippen molar-refractivity contribution in [2.45, 2.75) is 31.8 Å². The number of benzene rings is 2. The number of piperidine rings is 2. The van der Waals surface area contributed by atoms with Crippen LogP contribution in [0.2, 0.25) is 0 Å². The summed E-state index contributed by atoms with van der Waals surface area (Å²) in [7, 11) is 1.80. The normalized spacial score (nSPS) is 21.3. The van der Waals surface area contributed by atoms with Crippen molar-refractivity contribution in [2.75, 3.05) is 38.5 Å². The van der Waals surface area contributed by atoms with Gasteiger partial charge in [0.1, 0.15) is 0 Å². The van der Waals surface area contributed by atoms with E-state index in [1.165, 1.54) is 24.9 Å². The Morgan fingerprint density at radius 1 is 1.03 bits per heavy atom. The minimum absolute atomic E-state index is 0. The lowest BCUT2D eigenvalue weighted by Gasteiger charge is -2.48. The van der Waals surface area contributed by atoms with Gasteiger partial charge in [0.2, 0.25) is 5.91 Å². The third-order valence-corrected chi connectivity index (χ3v) is 6.39. The molecule has 2 aromatic carbocycles. The quantitative estimate of drug-likeness (QED) is 0.340. The minimum Gasteiger partial charge on any atom is -0.347 e. The average molecular weight is 547 g/mol. The van der Waals surface area contributed by atoms with Crippen LogP contribution < -0.4 is 10.6 Å². The fraction of sp³-hybridized carbons (Fsp3) is 0.440. The van der Waals surface area contributed by atoms with Gasteiger partial charge in [-0.2, -0.15) is 0 Å². The summed E-state index contributed by atoms with van der Waals surface area (Å²) < 4.78 is 0. The molecule has 4 rings (SSSR count). The molecule has 6 nitrogen and oxygen atoms in total. The standard InChI is InChI=1S/C25H33N5O.HI/c1-26-25(27-17-24(31)28-22-12-6-3-7-13-22)30-16-14-23-21(19-30)11-8-15-29(23)18-20-9-4-2-5-10-20;/h2-7,9-10,12-13,21,23H,8,11,14-19H2,1H3,(H,26,27)(H,28,31);1H. The summed E-state index contributed by atoms with van der Waals surface area (Å²) in [5, 5.41) is 6.17. The molecule has 2 fully saturated rings. The number of rotatable bonds is 5. The highest BCUT2D eigenvalue weighted by Crippen LogP contribution is 2.31. The first-order chi connectivity index (χ1) is 15.2. The van der Waals surface area contributed by atoms with Crippen LogP contribution >= 0.6 is 24.0 Å². The molecule has 2 unspecified atom stereocenters. The van der Waals surface area contributed by atoms with Crippen LogP contribution in [0.4, 0.5) is 5.69 Å². The zero-order valence-electron chi connectivity index (χ0n) is 18.7. The molecule has 0 spiro atoms. The maximum atomic E-state index is 12.3. The molecule has 0 saturated carbocycles. The first kappa shape index (κ1) is 24.5. The van der Waals surface area contributed by atoms with Crippen molar-refractivity contribution in [1.82, 2.24) is 15.1 Å². The highest BCUT2D eigenvalue weighted by molar-refractivity contribution is 14.0. The highest BCUT2D eigenvalue weighted by atomic mass is 127. The Labute approximate surface area is 208 Å². The van der Waals surface area contributed by atoms with E-state index in [4.69, 9.17) is 0 Å². The molecule has 2 N–H and O–H groups in total. The number of hydrogen-bond acceptors (Lipinski definition) is 3. The van der Waals surface area contributed by atoms with Gasteiger partial charge in [-0.15, -0.1) is 24.0 Å². The van der Waals surface area contributed by atoms with Crippen molar-refractivity contribution >= 4 is 41.5 Å². The maximum Gasteiger partial charge on any atom is 0.243 e. The zero-order valence-corrected chi connectivity index (χ0v) is 21.1. The van der Waals surface area contributed by atoms with Crippen molar-refractivity contribution in [3.8, 4) is 0 Å². The predicted molar refractivity (Wildman–Crippen MR) is 141 cm³/mol. The fourth-order valence-corrected chi connectivity index (χ4v) is 4.93. The molecule has 2 aliphatic rings. The van der Waals surface area contributed by atoms with Crippen LogP contribution in [0.3, 0.4) is 0 Å². The summed E-state index contributed by atoms with van der Waals surface area (Å²) in [5.41, 5.74) is 2.21. The van der Waals surface area contributed by atoms with E-state index < -0.39 is 0 Å². The topological polar surface area (TPSA) is 60.0 Å². The Kier molecular flexibility index (Phi) is 9.35. The van der Waals surface area contributed by atoms with Gasteiger partial charge < -0.3 is 15.5 Å². The number of carbonyl (C=O) groups excluding carboxylic acids is 1. The van der Waals surface area contributed by atoms with Gasteiger partial charge in [-0.05, 0) is 49.4 Å². The smallest absolute Gasteiger partial charge is 0.243 e. The van der Waals surface area contributed by atoms with Gasteiger partial charge in [-0.1, -0.05) is 48.5 Å². The second kappa shape index (κ2) is 12.2. The first-order valence-electron chi connectivity index (χ1n) is 11.3. The van der Waals surface area contributed by atoms with Gasteiger partial charge in [-0.3, -0.25) is 14.7 Å². The molecule has 0 bridgehead atoms. The van der Waals surface area contributed by atoms with Gasteiger partial charge in [0.05, 0.1) is 6.54 Å². The van der Waals surface area contributed by atoms with Gasteiger partial charge in [-0.25, -0.2) is 0 Å². The second-order valence-electron chi connectivity index (χ2n) is 8.48. The van der Waals surface area contributed by atoms with Crippen LogP contribution in [0.15, 0.2) is 65.7 Å². The number of guanidine groups is 1. The Hall–Kier alpha value is -2.13. The van der Waals surface area contributed by atoms with Gasteiger partial charge in [0, 0.05) is 38.4 Å². The number of nitrogens with zero attached hydrogens (tertiary/aromatic N) is 3. The van der Waals surface area contributed by atoms with Gasteiger partial charge in [0.15, 0.2) is 5.96 Å². The second-order valence-corrected chi connectivity index (χ2v) is 8.48. The molecule has 32 heavy (non-hydrogen) atoms. The van der Waals surface area contributed by atoms with Crippen LogP contribution in [0, 0.1) is 5.92 Å². The molecule has 2 heterocycles. The molecule has 2 aliphatic heterocycles. The molecule has 7 heteroatoms. The van der Waals surface area contributed by atoms with Crippen molar-refractivity contribution in [2.24, 2.45) is 10.9 Å². The van der Waals surface area contributed by atoms with Crippen LogP contribution in [-0.4, -0.2) is 60.9 Å². The third kappa shape index (κ3) is 6.45. The van der Waals surface area contributed by atoms with Gasteiger partial charge >= 0.3 is 0 Å². The number of hydrogen-bond donors (Lipinski definition) is 2. The zero-order chi connectivity index (χ0) is 21.5. The van der Waals surface area contributed by atoms with Crippen molar-refractivity contribution in [1.29, 1.82) is 0 Å². The van der Waals surface area contributed by atoms with E-state index in [-0.39, 0.29) is 36.4 Å². The number of anilines is 1. The van der Waals surface area contributed by atoms with E-state index in [1.54, 1.807) is 7.05 Å². The molecule has 0 aromatic heterocycles. The molecule has 2 atom stereocenters. The lowest BCUT2D eigenvalue weighted by Crippen LogP contribution is -2.57. The van der Waals surface area contributed by atoms with Crippen molar-refractivity contribution < 1.29 is 4.79 Å². The molecule has 1 amide bonds. The lowest BCUT2D eigenvalue weighted by atomic mass is 9.83. The van der Waals surface area contributed by atoms with E-state index in [9.17, 15) is 4.79 Å². The number of para-hydroxylation sites is 1. The van der Waals surface area contributed by atoms with Crippen LogP contribution in [0.5, 0.6) is 0 Å². The van der Waals surface area contributed by atoms with Crippen LogP contribution in [0.1, 0.15) is 24.8 Å². The number of likely N-dealkylation sites (tertiary alicyclic amines) is 2. The Balaban J connectivity index is 0.00000289. The monoisotopic (exact) mass is 547 g/mol. The maximum absolute atomic E-state index is 12.3. The number of nitrogens with one attached hydrogen (secondary N) is 2. The van der Waals surface area contributed by atoms with Crippen LogP contribution in [0.25, 0.3) is 0 Å². The van der Waals surface area contributed by atoms with E-state index in [1.807, 2.05) is 30.3 Å². The largest absolute Gasteiger partial charge is 0.347 e. The summed E-state index contributed by atoms with van der Waals surface area (Å²) in [6.45, 7) is 4.39. The van der Waals surface area contributed by atoms with E-state index >= 15 is 0 Å². The average Bonchev–Trinajstić information content (AvgIpc) is 2.81. The summed E-state index contributed by atoms with van der Waals surface area (Å²) >= 11 is 0. The van der Waals surface area contributed by atoms with Gasteiger partial charge in [0.25, 0.3) is 0 Å². The Bertz CT molecular complexity index is 876. The highest BCUT2D eigenvalue weighted by Gasteiger charge is 2.36. The number of halogens is 1. The molecule has 0 radical (unpaired) electrons. The summed E-state index contributed by atoms with van der Waals surface area (Å²) in [4.78, 5) is 21.8. The number of aliphatic imine (C=N–C) groups is 1. The molecule has 0 aliphatic carbocycles.